The van der Waals surface area contributed by atoms with E-state index in [-0.39, 0.29) is 39.2 Å². The number of rotatable bonds is 12. The number of hydrogen-bond acceptors (Lipinski definition) is 5. The molecule has 0 saturated heterocycles. The SMILES string of the molecule is COc1cc(C(=O)O)ccc1N(Cc1cc(C2CC2)cc(C(C)(C)C)c1)C(=O)CN(Cc1cccc(F)c1F)S(=O)(=O)c1c(F)c(F)c(F)c(F)c1F. The lowest BCUT2D eigenvalue weighted by Crippen LogP contribution is -2.43. The van der Waals surface area contributed by atoms with Crippen molar-refractivity contribution in [2.24, 2.45) is 0 Å². The number of methoxy groups -OCH3 is 1. The smallest absolute Gasteiger partial charge is 0.335 e. The Morgan fingerprint density at radius 3 is 2.02 bits per heavy atom. The molecule has 1 fully saturated rings. The van der Waals surface area contributed by atoms with Crippen LogP contribution in [0.15, 0.2) is 59.5 Å². The number of carboxylic acid groups (broad SMARTS) is 1. The summed E-state index contributed by atoms with van der Waals surface area (Å²) in [5.41, 5.74) is 0.917. The average molecular weight is 767 g/mol. The molecule has 4 aromatic carbocycles. The van der Waals surface area contributed by atoms with Gasteiger partial charge in [-0.1, -0.05) is 51.1 Å². The first-order chi connectivity index (χ1) is 24.8. The van der Waals surface area contributed by atoms with Gasteiger partial charge in [-0.25, -0.2) is 43.9 Å². The normalized spacial score (nSPS) is 13.4. The van der Waals surface area contributed by atoms with Crippen molar-refractivity contribution in [3.63, 3.8) is 0 Å². The first-order valence-electron chi connectivity index (χ1n) is 16.1. The van der Waals surface area contributed by atoms with Crippen molar-refractivity contribution in [1.29, 1.82) is 0 Å². The molecule has 8 nitrogen and oxygen atoms in total. The predicted molar refractivity (Wildman–Crippen MR) is 178 cm³/mol. The molecule has 282 valence electrons. The quantitative estimate of drug-likeness (QED) is 0.0892. The fourth-order valence-corrected chi connectivity index (χ4v) is 7.16. The Morgan fingerprint density at radius 1 is 0.830 bits per heavy atom. The third-order valence-corrected chi connectivity index (χ3v) is 10.6. The number of halogens is 7. The van der Waals surface area contributed by atoms with Gasteiger partial charge >= 0.3 is 5.97 Å². The van der Waals surface area contributed by atoms with Crippen LogP contribution in [0.3, 0.4) is 0 Å². The minimum Gasteiger partial charge on any atom is -0.495 e. The molecule has 0 unspecified atom stereocenters. The minimum absolute atomic E-state index is 0.0439. The number of amides is 1. The van der Waals surface area contributed by atoms with Gasteiger partial charge in [-0.3, -0.25) is 4.79 Å². The summed E-state index contributed by atoms with van der Waals surface area (Å²) in [6, 6.07) is 11.6. The molecule has 53 heavy (non-hydrogen) atoms. The molecule has 0 spiro atoms. The second-order valence-corrected chi connectivity index (χ2v) is 15.4. The van der Waals surface area contributed by atoms with Crippen LogP contribution in [-0.2, 0) is 33.3 Å². The van der Waals surface area contributed by atoms with Crippen LogP contribution in [0, 0.1) is 40.7 Å². The largest absolute Gasteiger partial charge is 0.495 e. The van der Waals surface area contributed by atoms with Crippen LogP contribution in [0.2, 0.25) is 0 Å². The van der Waals surface area contributed by atoms with Gasteiger partial charge in [0.2, 0.25) is 21.7 Å². The lowest BCUT2D eigenvalue weighted by atomic mass is 9.84. The molecule has 0 radical (unpaired) electrons. The molecular weight excluding hydrogens is 733 g/mol. The monoisotopic (exact) mass is 766 g/mol. The van der Waals surface area contributed by atoms with E-state index in [0.29, 0.717) is 11.6 Å². The molecule has 4 aromatic rings. The fourth-order valence-electron chi connectivity index (χ4n) is 5.68. The van der Waals surface area contributed by atoms with Gasteiger partial charge in [0.05, 0.1) is 31.5 Å². The van der Waals surface area contributed by atoms with Crippen LogP contribution in [0.25, 0.3) is 0 Å². The Hall–Kier alpha value is -4.96. The highest BCUT2D eigenvalue weighted by Crippen LogP contribution is 2.42. The van der Waals surface area contributed by atoms with E-state index in [0.717, 1.165) is 53.1 Å². The maximum absolute atomic E-state index is 15.0. The number of aromatic carboxylic acids is 1. The molecule has 0 aromatic heterocycles. The third kappa shape index (κ3) is 8.03. The summed E-state index contributed by atoms with van der Waals surface area (Å²) in [5, 5.41) is 9.57. The number of nitrogens with zero attached hydrogens (tertiary/aromatic N) is 2. The van der Waals surface area contributed by atoms with E-state index in [2.05, 4.69) is 0 Å². The molecule has 0 aliphatic heterocycles. The molecule has 1 aliphatic rings. The van der Waals surface area contributed by atoms with Crippen LogP contribution in [0.5, 0.6) is 5.75 Å². The number of ether oxygens (including phenoxy) is 1. The number of anilines is 1. The van der Waals surface area contributed by atoms with Crippen molar-refractivity contribution in [2.75, 3.05) is 18.6 Å². The minimum atomic E-state index is -5.91. The number of carbonyl (C=O) groups excluding carboxylic acids is 1. The molecule has 0 bridgehead atoms. The second-order valence-electron chi connectivity index (χ2n) is 13.5. The van der Waals surface area contributed by atoms with E-state index in [1.165, 1.54) is 13.2 Å². The summed E-state index contributed by atoms with van der Waals surface area (Å²) in [5.74, 6) is -18.9. The van der Waals surface area contributed by atoms with E-state index < -0.39 is 86.2 Å². The number of carboxylic acids is 1. The van der Waals surface area contributed by atoms with Crippen LogP contribution >= 0.6 is 0 Å². The molecule has 1 aliphatic carbocycles. The van der Waals surface area contributed by atoms with Crippen LogP contribution in [0.1, 0.15) is 72.1 Å². The second kappa shape index (κ2) is 14.8. The number of sulfonamides is 1. The first kappa shape index (κ1) is 39.3. The van der Waals surface area contributed by atoms with Crippen molar-refractivity contribution in [1.82, 2.24) is 4.31 Å². The Morgan fingerprint density at radius 2 is 1.45 bits per heavy atom. The summed E-state index contributed by atoms with van der Waals surface area (Å²) in [4.78, 5) is 24.8. The maximum atomic E-state index is 15.0. The molecule has 0 heterocycles. The maximum Gasteiger partial charge on any atom is 0.335 e. The zero-order valence-electron chi connectivity index (χ0n) is 28.7. The Kier molecular flexibility index (Phi) is 11.0. The van der Waals surface area contributed by atoms with Gasteiger partial charge in [0.1, 0.15) is 5.75 Å². The Bertz CT molecular complexity index is 2190. The van der Waals surface area contributed by atoms with Gasteiger partial charge in [-0.2, -0.15) is 4.31 Å². The predicted octanol–water partition coefficient (Wildman–Crippen LogP) is 7.97. The van der Waals surface area contributed by atoms with E-state index >= 15 is 8.78 Å². The summed E-state index contributed by atoms with van der Waals surface area (Å²) < 4.78 is 135. The lowest BCUT2D eigenvalue weighted by molar-refractivity contribution is -0.119. The molecular formula is C37H33F7N2O6S. The molecule has 1 saturated carbocycles. The van der Waals surface area contributed by atoms with Gasteiger partial charge in [-0.05, 0) is 65.1 Å². The van der Waals surface area contributed by atoms with Gasteiger partial charge in [0.25, 0.3) is 0 Å². The number of benzene rings is 4. The summed E-state index contributed by atoms with van der Waals surface area (Å²) in [7, 11) is -4.74. The van der Waals surface area contributed by atoms with E-state index in [9.17, 15) is 45.1 Å². The summed E-state index contributed by atoms with van der Waals surface area (Å²) in [6.45, 7) is 2.85. The lowest BCUT2D eigenvalue weighted by Gasteiger charge is -2.30. The van der Waals surface area contributed by atoms with Gasteiger partial charge in [-0.15, -0.1) is 0 Å². The molecule has 1 N–H and O–H groups in total. The highest BCUT2D eigenvalue weighted by Gasteiger charge is 2.39. The zero-order valence-corrected chi connectivity index (χ0v) is 29.6. The highest BCUT2D eigenvalue weighted by molar-refractivity contribution is 7.89. The van der Waals surface area contributed by atoms with E-state index in [4.69, 9.17) is 4.74 Å². The third-order valence-electron chi connectivity index (χ3n) is 8.75. The van der Waals surface area contributed by atoms with Crippen LogP contribution in [-0.4, -0.2) is 43.4 Å². The Labute approximate surface area is 300 Å². The van der Waals surface area contributed by atoms with Crippen molar-refractivity contribution in [3.05, 3.63) is 123 Å². The Balaban J connectivity index is 1.68. The molecule has 5 rings (SSSR count). The molecule has 16 heteroatoms. The van der Waals surface area contributed by atoms with E-state index in [1.807, 2.05) is 32.9 Å². The summed E-state index contributed by atoms with van der Waals surface area (Å²) in [6.07, 6.45) is 1.84. The van der Waals surface area contributed by atoms with E-state index in [1.54, 1.807) is 6.07 Å². The van der Waals surface area contributed by atoms with Crippen molar-refractivity contribution in [2.45, 2.75) is 62.9 Å². The van der Waals surface area contributed by atoms with Crippen molar-refractivity contribution >= 4 is 27.6 Å². The highest BCUT2D eigenvalue weighted by atomic mass is 32.2. The number of hydrogen-bond donors (Lipinski definition) is 1. The molecule has 1 amide bonds. The van der Waals surface area contributed by atoms with Crippen molar-refractivity contribution in [3.8, 4) is 5.75 Å². The fraction of sp³-hybridized carbons (Fsp3) is 0.297. The standard InChI is InChI=1S/C37H33F7N2O6S/c1-37(2,3)24-13-19(12-23(14-24)20-8-9-20)16-46(26-11-10-21(36(48)49)15-27(26)52-4)28(47)18-45(17-22-6-5-7-25(38)29(22)39)53(50,51)35-33(43)31(41)30(40)32(42)34(35)44/h5-7,10-15,20H,8-9,16-18H2,1-4H3,(H,48,49). The van der Waals surface area contributed by atoms with Crippen LogP contribution < -0.4 is 9.64 Å². The topological polar surface area (TPSA) is 104 Å². The molecule has 0 atom stereocenters. The summed E-state index contributed by atoms with van der Waals surface area (Å²) >= 11 is 0. The van der Waals surface area contributed by atoms with Gasteiger partial charge in [0.15, 0.2) is 39.8 Å². The van der Waals surface area contributed by atoms with Crippen molar-refractivity contribution < 1.29 is 58.6 Å². The number of carbonyl (C=O) groups is 2. The first-order valence-corrected chi connectivity index (χ1v) is 17.5. The van der Waals surface area contributed by atoms with Crippen LogP contribution in [0.4, 0.5) is 36.4 Å². The zero-order chi connectivity index (χ0) is 39.2. The average Bonchev–Trinajstić information content (AvgIpc) is 3.95. The van der Waals surface area contributed by atoms with Gasteiger partial charge < -0.3 is 14.7 Å². The van der Waals surface area contributed by atoms with Gasteiger partial charge in [0, 0.05) is 12.1 Å².